The molecule has 108 valence electrons. The first-order valence-corrected chi connectivity index (χ1v) is 9.01. The molecule has 1 aliphatic rings. The molecule has 0 aromatic carbocycles. The Bertz CT molecular complexity index is 330. The first-order chi connectivity index (χ1) is 8.52. The van der Waals surface area contributed by atoms with Gasteiger partial charge >= 0.3 is 0 Å². The normalized spacial score (nSPS) is 26.4. The molecule has 0 aromatic rings. The van der Waals surface area contributed by atoms with Crippen molar-refractivity contribution in [2.75, 3.05) is 11.5 Å². The Labute approximate surface area is 112 Å². The van der Waals surface area contributed by atoms with Crippen LogP contribution in [0.5, 0.6) is 0 Å². The summed E-state index contributed by atoms with van der Waals surface area (Å²) >= 11 is 0. The molecule has 0 radical (unpaired) electrons. The van der Waals surface area contributed by atoms with Gasteiger partial charge in [-0.15, -0.1) is 0 Å². The highest BCUT2D eigenvalue weighted by Gasteiger charge is 2.29. The Hall–Kier alpha value is -0.130. The molecule has 0 amide bonds. The number of sulfone groups is 1. The van der Waals surface area contributed by atoms with E-state index in [1.54, 1.807) is 6.92 Å². The van der Waals surface area contributed by atoms with E-state index in [0.29, 0.717) is 11.7 Å². The number of nitrogens with one attached hydrogen (secondary N) is 1. The fourth-order valence-corrected chi connectivity index (χ4v) is 3.87. The van der Waals surface area contributed by atoms with Crippen molar-refractivity contribution in [2.24, 2.45) is 17.7 Å². The van der Waals surface area contributed by atoms with Crippen molar-refractivity contribution in [3.63, 3.8) is 0 Å². The zero-order chi connectivity index (χ0) is 13.6. The average molecular weight is 276 g/mol. The summed E-state index contributed by atoms with van der Waals surface area (Å²) in [6.07, 6.45) is 6.61. The molecule has 1 aliphatic carbocycles. The van der Waals surface area contributed by atoms with Crippen LogP contribution in [0, 0.1) is 11.8 Å². The second-order valence-electron chi connectivity index (χ2n) is 5.50. The van der Waals surface area contributed by atoms with E-state index in [4.69, 9.17) is 5.84 Å². The van der Waals surface area contributed by atoms with E-state index in [9.17, 15) is 8.42 Å². The molecule has 0 spiro atoms. The Morgan fingerprint density at radius 1 is 1.33 bits per heavy atom. The zero-order valence-electron chi connectivity index (χ0n) is 11.7. The van der Waals surface area contributed by atoms with Crippen molar-refractivity contribution in [1.82, 2.24) is 5.43 Å². The summed E-state index contributed by atoms with van der Waals surface area (Å²) in [6, 6.07) is 0.286. The van der Waals surface area contributed by atoms with Crippen molar-refractivity contribution in [1.29, 1.82) is 0 Å². The molecular weight excluding hydrogens is 248 g/mol. The van der Waals surface area contributed by atoms with Gasteiger partial charge in [0.2, 0.25) is 0 Å². The molecule has 0 heterocycles. The Morgan fingerprint density at radius 3 is 2.56 bits per heavy atom. The summed E-state index contributed by atoms with van der Waals surface area (Å²) in [7, 11) is -2.83. The van der Waals surface area contributed by atoms with E-state index in [-0.39, 0.29) is 11.8 Å². The molecule has 5 heteroatoms. The highest BCUT2D eigenvalue weighted by Crippen LogP contribution is 2.35. The molecule has 3 unspecified atom stereocenters. The predicted octanol–water partition coefficient (Wildman–Crippen LogP) is 1.86. The Kier molecular flexibility index (Phi) is 6.60. The largest absolute Gasteiger partial charge is 0.271 e. The topological polar surface area (TPSA) is 72.2 Å². The minimum atomic E-state index is -2.83. The van der Waals surface area contributed by atoms with Gasteiger partial charge in [-0.1, -0.05) is 26.7 Å². The number of rotatable bonds is 8. The third kappa shape index (κ3) is 4.86. The molecule has 0 aliphatic heterocycles. The van der Waals surface area contributed by atoms with Gasteiger partial charge in [-0.25, -0.2) is 8.42 Å². The summed E-state index contributed by atoms with van der Waals surface area (Å²) < 4.78 is 22.9. The lowest BCUT2D eigenvalue weighted by Crippen LogP contribution is -2.40. The van der Waals surface area contributed by atoms with Crippen LogP contribution < -0.4 is 11.3 Å². The number of hydrazine groups is 1. The van der Waals surface area contributed by atoms with Gasteiger partial charge in [0.15, 0.2) is 0 Å². The van der Waals surface area contributed by atoms with Gasteiger partial charge in [-0.3, -0.25) is 11.3 Å². The van der Waals surface area contributed by atoms with Crippen molar-refractivity contribution in [3.8, 4) is 0 Å². The first-order valence-electron chi connectivity index (χ1n) is 7.19. The predicted molar refractivity (Wildman–Crippen MR) is 75.8 cm³/mol. The van der Waals surface area contributed by atoms with Gasteiger partial charge in [0, 0.05) is 11.8 Å². The minimum Gasteiger partial charge on any atom is -0.271 e. The van der Waals surface area contributed by atoms with E-state index >= 15 is 0 Å². The lowest BCUT2D eigenvalue weighted by molar-refractivity contribution is 0.331. The van der Waals surface area contributed by atoms with Gasteiger partial charge in [0.05, 0.1) is 5.75 Å². The maximum absolute atomic E-state index is 11.4. The van der Waals surface area contributed by atoms with E-state index in [1.165, 1.54) is 25.7 Å². The van der Waals surface area contributed by atoms with Gasteiger partial charge in [-0.05, 0) is 37.5 Å². The summed E-state index contributed by atoms with van der Waals surface area (Å²) in [4.78, 5) is 0. The Balaban J connectivity index is 2.34. The van der Waals surface area contributed by atoms with Crippen LogP contribution in [0.1, 0.15) is 52.4 Å². The van der Waals surface area contributed by atoms with Crippen LogP contribution in [0.4, 0.5) is 0 Å². The number of hydrogen-bond donors (Lipinski definition) is 2. The van der Waals surface area contributed by atoms with E-state index in [2.05, 4.69) is 12.3 Å². The fourth-order valence-electron chi connectivity index (χ4n) is 2.97. The van der Waals surface area contributed by atoms with E-state index in [1.807, 2.05) is 0 Å². The first kappa shape index (κ1) is 15.9. The fraction of sp³-hybridized carbons (Fsp3) is 1.00. The molecular formula is C13H28N2O2S. The molecule has 3 N–H and O–H groups in total. The molecule has 4 nitrogen and oxygen atoms in total. The SMILES string of the molecule is CCC1CCC(C(CCCS(=O)(=O)CC)NN)C1. The lowest BCUT2D eigenvalue weighted by atomic mass is 9.93. The molecule has 1 saturated carbocycles. The monoisotopic (exact) mass is 276 g/mol. The van der Waals surface area contributed by atoms with Crippen molar-refractivity contribution in [2.45, 2.75) is 58.4 Å². The molecule has 0 saturated heterocycles. The van der Waals surface area contributed by atoms with Gasteiger partial charge in [-0.2, -0.15) is 0 Å². The second-order valence-corrected chi connectivity index (χ2v) is 7.97. The molecule has 1 rings (SSSR count). The van der Waals surface area contributed by atoms with E-state index in [0.717, 1.165) is 18.8 Å². The molecule has 0 aromatic heterocycles. The molecule has 1 fully saturated rings. The van der Waals surface area contributed by atoms with Crippen molar-refractivity contribution >= 4 is 9.84 Å². The van der Waals surface area contributed by atoms with Crippen LogP contribution >= 0.6 is 0 Å². The zero-order valence-corrected chi connectivity index (χ0v) is 12.5. The smallest absolute Gasteiger partial charge is 0.150 e. The number of hydrogen-bond acceptors (Lipinski definition) is 4. The van der Waals surface area contributed by atoms with Crippen molar-refractivity contribution < 1.29 is 8.42 Å². The third-order valence-electron chi connectivity index (χ3n) is 4.35. The van der Waals surface area contributed by atoms with Gasteiger partial charge in [0.25, 0.3) is 0 Å². The highest BCUT2D eigenvalue weighted by atomic mass is 32.2. The summed E-state index contributed by atoms with van der Waals surface area (Å²) in [5, 5.41) is 0. The molecule has 18 heavy (non-hydrogen) atoms. The summed E-state index contributed by atoms with van der Waals surface area (Å²) in [6.45, 7) is 3.95. The quantitative estimate of drug-likeness (QED) is 0.524. The van der Waals surface area contributed by atoms with Crippen LogP contribution in [-0.4, -0.2) is 26.0 Å². The molecule has 0 bridgehead atoms. The average Bonchev–Trinajstić information content (AvgIpc) is 2.83. The van der Waals surface area contributed by atoms with Crippen LogP contribution in [-0.2, 0) is 9.84 Å². The van der Waals surface area contributed by atoms with Gasteiger partial charge in [0.1, 0.15) is 9.84 Å². The standard InChI is InChI=1S/C13H28N2O2S/c1-3-11-7-8-12(10-11)13(15-14)6-5-9-18(16,17)4-2/h11-13,15H,3-10,14H2,1-2H3. The van der Waals surface area contributed by atoms with E-state index < -0.39 is 9.84 Å². The van der Waals surface area contributed by atoms with Crippen LogP contribution in [0.15, 0.2) is 0 Å². The Morgan fingerprint density at radius 2 is 2.06 bits per heavy atom. The summed E-state index contributed by atoms with van der Waals surface area (Å²) in [5.41, 5.74) is 2.90. The maximum Gasteiger partial charge on any atom is 0.150 e. The summed E-state index contributed by atoms with van der Waals surface area (Å²) in [5.74, 6) is 7.63. The third-order valence-corrected chi connectivity index (χ3v) is 6.14. The van der Waals surface area contributed by atoms with Crippen molar-refractivity contribution in [3.05, 3.63) is 0 Å². The number of nitrogens with two attached hydrogens (primary N) is 1. The maximum atomic E-state index is 11.4. The van der Waals surface area contributed by atoms with Crippen LogP contribution in [0.3, 0.4) is 0 Å². The second kappa shape index (κ2) is 7.46. The minimum absolute atomic E-state index is 0.245. The highest BCUT2D eigenvalue weighted by molar-refractivity contribution is 7.91. The van der Waals surface area contributed by atoms with Crippen LogP contribution in [0.25, 0.3) is 0 Å². The molecule has 3 atom stereocenters. The van der Waals surface area contributed by atoms with Gasteiger partial charge < -0.3 is 0 Å². The lowest BCUT2D eigenvalue weighted by Gasteiger charge is -2.22. The van der Waals surface area contributed by atoms with Crippen LogP contribution in [0.2, 0.25) is 0 Å².